The van der Waals surface area contributed by atoms with Gasteiger partial charge in [0.25, 0.3) is 5.91 Å². The number of hydrogen-bond acceptors (Lipinski definition) is 6. The molecule has 40 heavy (non-hydrogen) atoms. The number of aryl methyl sites for hydroxylation is 2. The Kier molecular flexibility index (Phi) is 9.22. The number of rotatable bonds is 10. The maximum absolute atomic E-state index is 12.8. The minimum atomic E-state index is -0.160. The second kappa shape index (κ2) is 13.0. The minimum absolute atomic E-state index is 0.0370. The third kappa shape index (κ3) is 6.75. The molecule has 0 aliphatic heterocycles. The van der Waals surface area contributed by atoms with Gasteiger partial charge in [-0.2, -0.15) is 0 Å². The largest absolute Gasteiger partial charge is 0.348 e. The van der Waals surface area contributed by atoms with Gasteiger partial charge in [0.15, 0.2) is 11.0 Å². The van der Waals surface area contributed by atoms with Crippen LogP contribution in [-0.2, 0) is 12.2 Å². The molecule has 0 fully saturated rings. The lowest BCUT2D eigenvalue weighted by molar-refractivity contribution is 0.0934. The third-order valence-corrected chi connectivity index (χ3v) is 8.89. The number of thiazole rings is 1. The lowest BCUT2D eigenvalue weighted by Gasteiger charge is -2.14. The van der Waals surface area contributed by atoms with E-state index in [4.69, 9.17) is 23.2 Å². The maximum atomic E-state index is 12.8. The summed E-state index contributed by atoms with van der Waals surface area (Å²) in [5, 5.41) is 16.6. The van der Waals surface area contributed by atoms with Crippen LogP contribution in [0.1, 0.15) is 40.0 Å². The summed E-state index contributed by atoms with van der Waals surface area (Å²) in [6.45, 7) is 4.04. The van der Waals surface area contributed by atoms with Gasteiger partial charge < -0.3 is 5.32 Å². The van der Waals surface area contributed by atoms with Gasteiger partial charge in [0.1, 0.15) is 10.7 Å². The highest BCUT2D eigenvalue weighted by Crippen LogP contribution is 2.35. The molecule has 0 saturated heterocycles. The summed E-state index contributed by atoms with van der Waals surface area (Å²) in [5.41, 5.74) is 4.36. The van der Waals surface area contributed by atoms with Crippen LogP contribution in [0.15, 0.2) is 83.3 Å². The van der Waals surface area contributed by atoms with Crippen LogP contribution >= 0.6 is 46.3 Å². The van der Waals surface area contributed by atoms with Crippen molar-refractivity contribution in [1.82, 2.24) is 25.1 Å². The molecular formula is C30H27Cl2N5OS2. The Morgan fingerprint density at radius 1 is 1.05 bits per heavy atom. The van der Waals surface area contributed by atoms with Crippen molar-refractivity contribution in [2.24, 2.45) is 0 Å². The van der Waals surface area contributed by atoms with Crippen molar-refractivity contribution in [3.63, 3.8) is 0 Å². The number of aromatic nitrogens is 4. The molecule has 10 heteroatoms. The van der Waals surface area contributed by atoms with E-state index in [1.807, 2.05) is 79.1 Å². The fraction of sp³-hybridized carbons (Fsp3) is 0.200. The quantitative estimate of drug-likeness (QED) is 0.163. The topological polar surface area (TPSA) is 72.7 Å². The number of nitrogens with zero attached hydrogens (tertiary/aromatic N) is 4. The van der Waals surface area contributed by atoms with E-state index in [0.717, 1.165) is 34.7 Å². The highest BCUT2D eigenvalue weighted by atomic mass is 35.5. The molecule has 5 aromatic rings. The minimum Gasteiger partial charge on any atom is -0.348 e. The van der Waals surface area contributed by atoms with Crippen molar-refractivity contribution >= 4 is 52.2 Å². The zero-order chi connectivity index (χ0) is 28.1. The zero-order valence-electron chi connectivity index (χ0n) is 22.0. The van der Waals surface area contributed by atoms with Crippen molar-refractivity contribution in [2.75, 3.05) is 0 Å². The summed E-state index contributed by atoms with van der Waals surface area (Å²) in [6.07, 6.45) is 1.76. The molecule has 0 saturated carbocycles. The van der Waals surface area contributed by atoms with E-state index in [1.165, 1.54) is 28.7 Å². The smallest absolute Gasteiger partial charge is 0.270 e. The predicted octanol–water partition coefficient (Wildman–Crippen LogP) is 8.05. The van der Waals surface area contributed by atoms with E-state index in [1.54, 1.807) is 5.38 Å². The van der Waals surface area contributed by atoms with Crippen LogP contribution in [0.5, 0.6) is 0 Å². The first-order valence-electron chi connectivity index (χ1n) is 12.8. The Labute approximate surface area is 251 Å². The zero-order valence-corrected chi connectivity index (χ0v) is 25.1. The molecule has 1 N–H and O–H groups in total. The van der Waals surface area contributed by atoms with E-state index in [0.29, 0.717) is 32.5 Å². The fourth-order valence-electron chi connectivity index (χ4n) is 4.23. The molecule has 2 heterocycles. The molecule has 1 unspecified atom stereocenters. The lowest BCUT2D eigenvalue weighted by Crippen LogP contribution is -2.33. The van der Waals surface area contributed by atoms with Crippen molar-refractivity contribution in [1.29, 1.82) is 0 Å². The number of nitrogens with one attached hydrogen (secondary N) is 1. The number of halogens is 2. The second-order valence-electron chi connectivity index (χ2n) is 9.37. The van der Waals surface area contributed by atoms with Gasteiger partial charge >= 0.3 is 0 Å². The Bertz CT molecular complexity index is 1620. The number of carbonyl (C=O) groups is 1. The molecule has 2 aromatic heterocycles. The Morgan fingerprint density at radius 2 is 1.82 bits per heavy atom. The van der Waals surface area contributed by atoms with Gasteiger partial charge in [-0.15, -0.1) is 21.5 Å². The highest BCUT2D eigenvalue weighted by Gasteiger charge is 2.21. The summed E-state index contributed by atoms with van der Waals surface area (Å²) >= 11 is 15.9. The molecule has 204 valence electrons. The SMILES string of the molecule is Cc1ccc(Cl)cc1-n1c(SCc2nc(C(=O)NC(C)CCc3ccccc3)cs2)nnc1-c1ccccc1Cl. The number of hydrogen-bond donors (Lipinski definition) is 1. The highest BCUT2D eigenvalue weighted by molar-refractivity contribution is 7.98. The first-order chi connectivity index (χ1) is 19.4. The van der Waals surface area contributed by atoms with Crippen LogP contribution in [-0.4, -0.2) is 31.7 Å². The first kappa shape index (κ1) is 28.4. The molecular weight excluding hydrogens is 581 g/mol. The van der Waals surface area contributed by atoms with Crippen LogP contribution in [0, 0.1) is 6.92 Å². The molecule has 5 rings (SSSR count). The summed E-state index contributed by atoms with van der Waals surface area (Å²) in [6, 6.07) is 23.6. The first-order valence-corrected chi connectivity index (χ1v) is 15.4. The molecule has 0 aliphatic carbocycles. The van der Waals surface area contributed by atoms with Gasteiger partial charge in [-0.05, 0) is 62.1 Å². The van der Waals surface area contributed by atoms with Gasteiger partial charge in [0.05, 0.1) is 16.5 Å². The second-order valence-corrected chi connectivity index (χ2v) is 12.1. The van der Waals surface area contributed by atoms with E-state index in [-0.39, 0.29) is 11.9 Å². The molecule has 1 atom stereocenters. The Morgan fingerprint density at radius 3 is 2.62 bits per heavy atom. The molecule has 0 spiro atoms. The van der Waals surface area contributed by atoms with Crippen molar-refractivity contribution in [2.45, 2.75) is 43.6 Å². The molecule has 1 amide bonds. The van der Waals surface area contributed by atoms with E-state index in [9.17, 15) is 4.79 Å². The normalized spacial score (nSPS) is 11.9. The van der Waals surface area contributed by atoms with Gasteiger partial charge in [-0.25, -0.2) is 4.98 Å². The number of benzene rings is 3. The van der Waals surface area contributed by atoms with Crippen molar-refractivity contribution < 1.29 is 4.79 Å². The lowest BCUT2D eigenvalue weighted by atomic mass is 10.1. The molecule has 6 nitrogen and oxygen atoms in total. The van der Waals surface area contributed by atoms with Crippen molar-refractivity contribution in [3.05, 3.63) is 110 Å². The predicted molar refractivity (Wildman–Crippen MR) is 165 cm³/mol. The van der Waals surface area contributed by atoms with Crippen LogP contribution < -0.4 is 5.32 Å². The summed E-state index contributed by atoms with van der Waals surface area (Å²) in [7, 11) is 0. The van der Waals surface area contributed by atoms with Crippen LogP contribution in [0.2, 0.25) is 10.0 Å². The van der Waals surface area contributed by atoms with Gasteiger partial charge in [-0.1, -0.05) is 83.5 Å². The summed E-state index contributed by atoms with van der Waals surface area (Å²) < 4.78 is 1.97. The molecule has 0 bridgehead atoms. The van der Waals surface area contributed by atoms with Crippen molar-refractivity contribution in [3.8, 4) is 17.1 Å². The number of thioether (sulfide) groups is 1. The molecule has 3 aromatic carbocycles. The number of amides is 1. The van der Waals surface area contributed by atoms with E-state index < -0.39 is 0 Å². The van der Waals surface area contributed by atoms with Gasteiger partial charge in [-0.3, -0.25) is 9.36 Å². The maximum Gasteiger partial charge on any atom is 0.270 e. The average Bonchev–Trinajstić information content (AvgIpc) is 3.60. The Hall–Kier alpha value is -3.17. The van der Waals surface area contributed by atoms with E-state index >= 15 is 0 Å². The van der Waals surface area contributed by atoms with Gasteiger partial charge in [0.2, 0.25) is 0 Å². The van der Waals surface area contributed by atoms with E-state index in [2.05, 4.69) is 32.6 Å². The third-order valence-electron chi connectivity index (χ3n) is 6.36. The Balaban J connectivity index is 1.30. The molecule has 0 aliphatic rings. The van der Waals surface area contributed by atoms with Gasteiger partial charge in [0, 0.05) is 22.0 Å². The fourth-order valence-corrected chi connectivity index (χ4v) is 6.35. The van der Waals surface area contributed by atoms with Crippen LogP contribution in [0.3, 0.4) is 0 Å². The standard InChI is InChI=1S/C30H27Cl2N5OS2/c1-19-12-15-22(31)16-26(19)37-28(23-10-6-7-11-24(23)32)35-36-30(37)40-18-27-34-25(17-39-27)29(38)33-20(2)13-14-21-8-4-3-5-9-21/h3-12,15-17,20H,13-14,18H2,1-2H3,(H,33,38). The summed E-state index contributed by atoms with van der Waals surface area (Å²) in [5.74, 6) is 0.996. The number of carbonyl (C=O) groups excluding carboxylic acids is 1. The van der Waals surface area contributed by atoms with Crippen LogP contribution in [0.4, 0.5) is 0 Å². The average molecular weight is 609 g/mol. The molecule has 0 radical (unpaired) electrons. The summed E-state index contributed by atoms with van der Waals surface area (Å²) in [4.78, 5) is 17.4. The monoisotopic (exact) mass is 607 g/mol. The van der Waals surface area contributed by atoms with Crippen LogP contribution in [0.25, 0.3) is 17.1 Å².